The van der Waals surface area contributed by atoms with E-state index in [0.717, 1.165) is 0 Å². The first kappa shape index (κ1) is 14.8. The number of nitrogens with zero attached hydrogens (tertiary/aromatic N) is 1. The Kier molecular flexibility index (Phi) is 4.56. The number of halogens is 2. The molecule has 98 valence electrons. The third-order valence-corrected chi connectivity index (χ3v) is 2.65. The molecule has 0 aromatic heterocycles. The van der Waals surface area contributed by atoms with Crippen LogP contribution >= 0.6 is 23.2 Å². The lowest BCUT2D eigenvalue weighted by Gasteiger charge is -2.23. The molecule has 1 amide bonds. The van der Waals surface area contributed by atoms with Crippen LogP contribution in [0, 0.1) is 0 Å². The minimum absolute atomic E-state index is 0.141. The molecule has 0 saturated carbocycles. The molecule has 0 aliphatic carbocycles. The van der Waals surface area contributed by atoms with Crippen molar-refractivity contribution in [2.24, 2.45) is 0 Å². The van der Waals surface area contributed by atoms with Gasteiger partial charge in [0, 0.05) is 5.02 Å². The Morgan fingerprint density at radius 1 is 1.33 bits per heavy atom. The van der Waals surface area contributed by atoms with Gasteiger partial charge in [-0.2, -0.15) is 4.79 Å². The van der Waals surface area contributed by atoms with Crippen LogP contribution < -0.4 is 4.74 Å². The van der Waals surface area contributed by atoms with Crippen LogP contribution in [0.3, 0.4) is 0 Å². The van der Waals surface area contributed by atoms with Crippen LogP contribution in [0.1, 0.15) is 0 Å². The molecule has 1 N–H and O–H groups in total. The van der Waals surface area contributed by atoms with E-state index in [1.165, 1.54) is 32.3 Å². The maximum Gasteiger partial charge on any atom is 0.521 e. The second-order valence-corrected chi connectivity index (χ2v) is 5.02. The molecule has 0 radical (unpaired) electrons. The maximum atomic E-state index is 11.8. The van der Waals surface area contributed by atoms with Gasteiger partial charge in [-0.05, 0) is 18.2 Å². The molecule has 5 nitrogen and oxygen atoms in total. The Morgan fingerprint density at radius 3 is 2.44 bits per heavy atom. The van der Waals surface area contributed by atoms with Crippen LogP contribution in [0.4, 0.5) is 4.79 Å². The van der Waals surface area contributed by atoms with Gasteiger partial charge in [0.05, 0.1) is 19.1 Å². The summed E-state index contributed by atoms with van der Waals surface area (Å²) in [5, 5.41) is 9.29. The summed E-state index contributed by atoms with van der Waals surface area (Å²) >= 11 is 11.6. The zero-order chi connectivity index (χ0) is 13.9. The Balaban J connectivity index is 2.84. The summed E-state index contributed by atoms with van der Waals surface area (Å²) in [6.07, 6.45) is -0.721. The number of carboxylic acid groups (broad SMARTS) is 1. The molecule has 0 fully saturated rings. The quantitative estimate of drug-likeness (QED) is 0.870. The van der Waals surface area contributed by atoms with E-state index >= 15 is 0 Å². The van der Waals surface area contributed by atoms with Gasteiger partial charge in [-0.1, -0.05) is 23.2 Å². The number of quaternary nitrogens is 1. The lowest BCUT2D eigenvalue weighted by Crippen LogP contribution is -2.50. The average Bonchev–Trinajstić information content (AvgIpc) is 2.20. The third-order valence-electron chi connectivity index (χ3n) is 2.12. The van der Waals surface area contributed by atoms with Crippen molar-refractivity contribution in [3.63, 3.8) is 0 Å². The molecule has 0 unspecified atom stereocenters. The Hall–Kier alpha value is -1.30. The highest BCUT2D eigenvalue weighted by Crippen LogP contribution is 2.28. The Bertz CT molecular complexity index is 488. The molecule has 1 aromatic rings. The number of amides is 1. The van der Waals surface area contributed by atoms with Crippen molar-refractivity contribution in [2.45, 2.75) is 0 Å². The fraction of sp³-hybridized carbons (Fsp3) is 0.273. The highest BCUT2D eigenvalue weighted by molar-refractivity contribution is 6.35. The monoisotopic (exact) mass is 292 g/mol. The number of hydrogen-bond donors (Lipinski definition) is 1. The number of carbonyl (C=O) groups is 2. The van der Waals surface area contributed by atoms with Gasteiger partial charge in [0.15, 0.2) is 12.3 Å². The van der Waals surface area contributed by atoms with Crippen molar-refractivity contribution in [3.05, 3.63) is 28.2 Å². The number of likely N-dealkylation sites (N-methyl/N-ethyl adjacent to an activating group) is 1. The fourth-order valence-corrected chi connectivity index (χ4v) is 1.63. The summed E-state index contributed by atoms with van der Waals surface area (Å²) in [6, 6.07) is 4.40. The van der Waals surface area contributed by atoms with Gasteiger partial charge in [-0.3, -0.25) is 0 Å². The largest absolute Gasteiger partial charge is 0.521 e. The minimum atomic E-state index is -1.10. The van der Waals surface area contributed by atoms with Gasteiger partial charge in [-0.25, -0.2) is 9.28 Å². The van der Waals surface area contributed by atoms with Crippen molar-refractivity contribution in [3.8, 4) is 5.75 Å². The van der Waals surface area contributed by atoms with Crippen LogP contribution in [0.2, 0.25) is 10.0 Å². The number of carbonyl (C=O) groups excluding carboxylic acids is 1. The minimum Gasteiger partial charge on any atom is -0.477 e. The molecule has 1 aromatic carbocycles. The van der Waals surface area contributed by atoms with Gasteiger partial charge < -0.3 is 9.84 Å². The lowest BCUT2D eigenvalue weighted by atomic mass is 10.3. The molecule has 0 spiro atoms. The number of carboxylic acids is 1. The van der Waals surface area contributed by atoms with Crippen molar-refractivity contribution in [2.75, 3.05) is 20.6 Å². The number of hydrogen-bond acceptors (Lipinski definition) is 3. The zero-order valence-electron chi connectivity index (χ0n) is 9.81. The van der Waals surface area contributed by atoms with E-state index in [-0.39, 0.29) is 17.3 Å². The fourth-order valence-electron chi connectivity index (χ4n) is 1.18. The molecule has 0 aliphatic rings. The Labute approximate surface area is 114 Å². The summed E-state index contributed by atoms with van der Waals surface area (Å²) in [4.78, 5) is 22.4. The summed E-state index contributed by atoms with van der Waals surface area (Å²) in [5.41, 5.74) is 0. The summed E-state index contributed by atoms with van der Waals surface area (Å²) in [6.45, 7) is -0.385. The van der Waals surface area contributed by atoms with E-state index < -0.39 is 16.5 Å². The first-order valence-electron chi connectivity index (χ1n) is 4.94. The molecule has 7 heteroatoms. The summed E-state index contributed by atoms with van der Waals surface area (Å²) < 4.78 is 4.60. The topological polar surface area (TPSA) is 63.6 Å². The average molecular weight is 293 g/mol. The maximum absolute atomic E-state index is 11.8. The second kappa shape index (κ2) is 5.56. The van der Waals surface area contributed by atoms with Crippen molar-refractivity contribution in [1.29, 1.82) is 0 Å². The number of rotatable bonds is 3. The van der Waals surface area contributed by atoms with E-state index in [1.807, 2.05) is 0 Å². The predicted molar refractivity (Wildman–Crippen MR) is 67.1 cm³/mol. The van der Waals surface area contributed by atoms with Gasteiger partial charge >= 0.3 is 12.1 Å². The highest BCUT2D eigenvalue weighted by Gasteiger charge is 2.32. The Morgan fingerprint density at radius 2 is 1.94 bits per heavy atom. The predicted octanol–water partition coefficient (Wildman–Crippen LogP) is 2.65. The van der Waals surface area contributed by atoms with Crippen molar-refractivity contribution < 1.29 is 23.9 Å². The number of ether oxygens (including phenoxy) is 1. The van der Waals surface area contributed by atoms with E-state index in [1.54, 1.807) is 0 Å². The third kappa shape index (κ3) is 3.87. The molecular formula is C11H12Cl2NO4+. The van der Waals surface area contributed by atoms with Crippen LogP contribution in [0.15, 0.2) is 18.2 Å². The molecule has 1 rings (SSSR count). The standard InChI is InChI=1S/C11H11Cl2NO4/c1-14(2,6-10(15)16)11(17)18-9-4-3-7(12)5-8(9)13/h3-5H,6H2,1-2H3/p+1. The van der Waals surface area contributed by atoms with Crippen LogP contribution in [-0.2, 0) is 4.79 Å². The van der Waals surface area contributed by atoms with Gasteiger partial charge in [0.2, 0.25) is 0 Å². The summed E-state index contributed by atoms with van der Waals surface area (Å²) in [7, 11) is 2.86. The van der Waals surface area contributed by atoms with Gasteiger partial charge in [0.1, 0.15) is 0 Å². The SMILES string of the molecule is C[N+](C)(CC(=O)O)C(=O)Oc1ccc(Cl)cc1Cl. The molecule has 0 heterocycles. The number of benzene rings is 1. The first-order chi connectivity index (χ1) is 8.22. The molecular weight excluding hydrogens is 281 g/mol. The smallest absolute Gasteiger partial charge is 0.477 e. The van der Waals surface area contributed by atoms with E-state index in [4.69, 9.17) is 33.0 Å². The van der Waals surface area contributed by atoms with Crippen molar-refractivity contribution >= 4 is 35.3 Å². The molecule has 0 atom stereocenters. The van der Waals surface area contributed by atoms with Crippen LogP contribution in [0.25, 0.3) is 0 Å². The lowest BCUT2D eigenvalue weighted by molar-refractivity contribution is -0.807. The van der Waals surface area contributed by atoms with E-state index in [9.17, 15) is 9.59 Å². The first-order valence-corrected chi connectivity index (χ1v) is 5.70. The van der Waals surface area contributed by atoms with Gasteiger partial charge in [0.25, 0.3) is 0 Å². The van der Waals surface area contributed by atoms with E-state index in [2.05, 4.69) is 0 Å². The second-order valence-electron chi connectivity index (χ2n) is 4.18. The normalized spacial score (nSPS) is 11.1. The summed E-state index contributed by atoms with van der Waals surface area (Å²) in [5.74, 6) is -0.957. The van der Waals surface area contributed by atoms with Crippen molar-refractivity contribution in [1.82, 2.24) is 0 Å². The molecule has 0 saturated heterocycles. The van der Waals surface area contributed by atoms with Crippen LogP contribution in [-0.4, -0.2) is 42.3 Å². The van der Waals surface area contributed by atoms with Gasteiger partial charge in [-0.15, -0.1) is 0 Å². The number of aliphatic carboxylic acids is 1. The zero-order valence-corrected chi connectivity index (χ0v) is 11.3. The molecule has 0 bridgehead atoms. The van der Waals surface area contributed by atoms with Crippen LogP contribution in [0.5, 0.6) is 5.75 Å². The molecule has 0 aliphatic heterocycles. The van der Waals surface area contributed by atoms with E-state index in [0.29, 0.717) is 5.02 Å². The molecule has 18 heavy (non-hydrogen) atoms. The highest BCUT2D eigenvalue weighted by atomic mass is 35.5.